The Hall–Kier alpha value is -1.49. The van der Waals surface area contributed by atoms with Gasteiger partial charge in [0.1, 0.15) is 0 Å². The molecule has 0 N–H and O–H groups in total. The van der Waals surface area contributed by atoms with Gasteiger partial charge in [0, 0.05) is 37.4 Å². The van der Waals surface area contributed by atoms with Crippen LogP contribution in [0.3, 0.4) is 0 Å². The molecule has 0 aliphatic carbocycles. The summed E-state index contributed by atoms with van der Waals surface area (Å²) in [6.45, 7) is 11.2. The topological polar surface area (TPSA) is 40.6 Å². The monoisotopic (exact) mass is 402 g/mol. The lowest BCUT2D eigenvalue weighted by molar-refractivity contribution is -0.133. The fourth-order valence-corrected chi connectivity index (χ4v) is 6.15. The largest absolute Gasteiger partial charge is 0.342 e. The molecule has 0 bridgehead atoms. The Morgan fingerprint density at radius 1 is 1.11 bits per heavy atom. The average molecular weight is 403 g/mol. The molecule has 1 spiro atoms. The van der Waals surface area contributed by atoms with E-state index in [1.54, 1.807) is 0 Å². The minimum absolute atomic E-state index is 0.129. The molecule has 2 aliphatic rings. The first-order chi connectivity index (χ1) is 13.2. The van der Waals surface area contributed by atoms with Crippen molar-refractivity contribution in [2.24, 2.45) is 11.3 Å². The van der Waals surface area contributed by atoms with Crippen molar-refractivity contribution in [1.82, 2.24) is 9.80 Å². The molecule has 2 amide bonds. The highest BCUT2D eigenvalue weighted by Gasteiger charge is 2.47. The highest BCUT2D eigenvalue weighted by Crippen LogP contribution is 2.44. The molecule has 1 unspecified atom stereocenters. The van der Waals surface area contributed by atoms with Crippen LogP contribution < -0.4 is 0 Å². The Labute approximate surface area is 174 Å². The lowest BCUT2D eigenvalue weighted by Gasteiger charge is -2.44. The summed E-state index contributed by atoms with van der Waals surface area (Å²) in [5.74, 6) is 1.79. The van der Waals surface area contributed by atoms with Gasteiger partial charge in [-0.15, -0.1) is 11.8 Å². The fourth-order valence-electron chi connectivity index (χ4n) is 4.70. The third-order valence-corrected chi connectivity index (χ3v) is 7.38. The van der Waals surface area contributed by atoms with Gasteiger partial charge < -0.3 is 9.80 Å². The van der Waals surface area contributed by atoms with Crippen LogP contribution >= 0.6 is 11.8 Å². The highest BCUT2D eigenvalue weighted by molar-refractivity contribution is 8.00. The smallest absolute Gasteiger partial charge is 0.254 e. The van der Waals surface area contributed by atoms with Crippen LogP contribution in [0.4, 0.5) is 0 Å². The summed E-state index contributed by atoms with van der Waals surface area (Å²) in [4.78, 5) is 29.8. The molecule has 1 aromatic rings. The summed E-state index contributed by atoms with van der Waals surface area (Å²) in [6, 6.07) is 9.57. The van der Waals surface area contributed by atoms with Gasteiger partial charge in [0.2, 0.25) is 5.91 Å². The number of amides is 2. The zero-order chi connectivity index (χ0) is 20.4. The van der Waals surface area contributed by atoms with Gasteiger partial charge in [0.05, 0.1) is 4.87 Å². The maximum Gasteiger partial charge on any atom is 0.254 e. The number of piperidine rings is 1. The number of carbonyl (C=O) groups is 2. The first kappa shape index (κ1) is 21.2. The normalized spacial score (nSPS) is 20.4. The second-order valence-electron chi connectivity index (χ2n) is 9.57. The Kier molecular flexibility index (Phi) is 6.43. The molecule has 1 atom stereocenters. The Bertz CT molecular complexity index is 690. The maximum atomic E-state index is 13.0. The van der Waals surface area contributed by atoms with Crippen LogP contribution in [0.25, 0.3) is 0 Å². The molecule has 2 fully saturated rings. The molecule has 0 radical (unpaired) electrons. The molecular weight excluding hydrogens is 368 g/mol. The summed E-state index contributed by atoms with van der Waals surface area (Å²) < 4.78 is 0. The van der Waals surface area contributed by atoms with Crippen molar-refractivity contribution in [2.75, 3.05) is 25.4 Å². The number of rotatable bonds is 4. The van der Waals surface area contributed by atoms with Crippen LogP contribution in [0, 0.1) is 11.3 Å². The van der Waals surface area contributed by atoms with Crippen LogP contribution in [0.1, 0.15) is 63.7 Å². The first-order valence-corrected chi connectivity index (χ1v) is 11.5. The van der Waals surface area contributed by atoms with Crippen LogP contribution in [-0.2, 0) is 4.79 Å². The molecule has 2 saturated heterocycles. The SMILES string of the molecule is CC(CC(=O)N1CCC2(CC1)SCCN2C(=O)c1ccccc1)CC(C)(C)C. The summed E-state index contributed by atoms with van der Waals surface area (Å²) in [6.07, 6.45) is 3.43. The van der Waals surface area contributed by atoms with E-state index in [1.807, 2.05) is 47.0 Å². The van der Waals surface area contributed by atoms with E-state index in [1.165, 1.54) is 0 Å². The van der Waals surface area contributed by atoms with E-state index < -0.39 is 0 Å². The van der Waals surface area contributed by atoms with Gasteiger partial charge in [-0.2, -0.15) is 0 Å². The van der Waals surface area contributed by atoms with E-state index in [2.05, 4.69) is 32.6 Å². The second kappa shape index (κ2) is 8.48. The molecule has 3 rings (SSSR count). The summed E-state index contributed by atoms with van der Waals surface area (Å²) in [5, 5.41) is 0. The number of thioether (sulfide) groups is 1. The van der Waals surface area contributed by atoms with Gasteiger partial charge in [0.25, 0.3) is 5.91 Å². The minimum atomic E-state index is -0.138. The molecule has 2 aliphatic heterocycles. The molecule has 0 saturated carbocycles. The van der Waals surface area contributed by atoms with E-state index in [4.69, 9.17) is 0 Å². The van der Waals surface area contributed by atoms with Crippen LogP contribution in [0.2, 0.25) is 0 Å². The molecule has 154 valence electrons. The molecule has 1 aromatic carbocycles. The van der Waals surface area contributed by atoms with E-state index >= 15 is 0 Å². The average Bonchev–Trinajstić information content (AvgIpc) is 3.03. The molecule has 5 heteroatoms. The van der Waals surface area contributed by atoms with Crippen molar-refractivity contribution >= 4 is 23.6 Å². The maximum absolute atomic E-state index is 13.0. The van der Waals surface area contributed by atoms with Gasteiger partial charge in [-0.25, -0.2) is 0 Å². The van der Waals surface area contributed by atoms with Gasteiger partial charge >= 0.3 is 0 Å². The number of hydrogen-bond donors (Lipinski definition) is 0. The van der Waals surface area contributed by atoms with Crippen molar-refractivity contribution in [1.29, 1.82) is 0 Å². The number of nitrogens with zero attached hydrogens (tertiary/aromatic N) is 2. The van der Waals surface area contributed by atoms with Gasteiger partial charge in [0.15, 0.2) is 0 Å². The molecule has 2 heterocycles. The Morgan fingerprint density at radius 3 is 2.36 bits per heavy atom. The van der Waals surface area contributed by atoms with E-state index in [0.29, 0.717) is 12.3 Å². The van der Waals surface area contributed by atoms with Crippen molar-refractivity contribution in [3.05, 3.63) is 35.9 Å². The zero-order valence-electron chi connectivity index (χ0n) is 17.7. The number of likely N-dealkylation sites (tertiary alicyclic amines) is 1. The van der Waals surface area contributed by atoms with Crippen molar-refractivity contribution in [3.8, 4) is 0 Å². The fraction of sp³-hybridized carbons (Fsp3) is 0.652. The molecule has 28 heavy (non-hydrogen) atoms. The van der Waals surface area contributed by atoms with E-state index in [9.17, 15) is 9.59 Å². The van der Waals surface area contributed by atoms with Gasteiger partial charge in [-0.3, -0.25) is 9.59 Å². The van der Waals surface area contributed by atoms with E-state index in [-0.39, 0.29) is 22.1 Å². The quantitative estimate of drug-likeness (QED) is 0.736. The molecule has 0 aromatic heterocycles. The van der Waals surface area contributed by atoms with E-state index in [0.717, 1.165) is 50.2 Å². The minimum Gasteiger partial charge on any atom is -0.342 e. The summed E-state index contributed by atoms with van der Waals surface area (Å²) in [5.41, 5.74) is 1.02. The highest BCUT2D eigenvalue weighted by atomic mass is 32.2. The van der Waals surface area contributed by atoms with Crippen molar-refractivity contribution < 1.29 is 9.59 Å². The third kappa shape index (κ3) is 4.91. The zero-order valence-corrected chi connectivity index (χ0v) is 18.6. The van der Waals surface area contributed by atoms with Crippen molar-refractivity contribution in [2.45, 2.75) is 58.2 Å². The molecular formula is C23H34N2O2S. The Morgan fingerprint density at radius 2 is 1.75 bits per heavy atom. The summed E-state index contributed by atoms with van der Waals surface area (Å²) in [7, 11) is 0. The van der Waals surface area contributed by atoms with Crippen LogP contribution in [0.15, 0.2) is 30.3 Å². The van der Waals surface area contributed by atoms with Gasteiger partial charge in [-0.05, 0) is 42.7 Å². The first-order valence-electron chi connectivity index (χ1n) is 10.5. The third-order valence-electron chi connectivity index (χ3n) is 5.82. The number of hydrogen-bond acceptors (Lipinski definition) is 3. The summed E-state index contributed by atoms with van der Waals surface area (Å²) >= 11 is 1.90. The second-order valence-corrected chi connectivity index (χ2v) is 11.0. The predicted molar refractivity (Wildman–Crippen MR) is 116 cm³/mol. The van der Waals surface area contributed by atoms with Crippen molar-refractivity contribution in [3.63, 3.8) is 0 Å². The predicted octanol–water partition coefficient (Wildman–Crippen LogP) is 4.66. The van der Waals surface area contributed by atoms with Crippen LogP contribution in [0.5, 0.6) is 0 Å². The van der Waals surface area contributed by atoms with Gasteiger partial charge in [-0.1, -0.05) is 45.9 Å². The lowest BCUT2D eigenvalue weighted by atomic mass is 9.84. The standard InChI is InChI=1S/C23H34N2O2S/c1-18(17-22(2,3)4)16-20(26)24-12-10-23(11-13-24)25(14-15-28-23)21(27)19-8-6-5-7-9-19/h5-9,18H,10-17H2,1-4H3. The molecule has 4 nitrogen and oxygen atoms in total. The number of carbonyl (C=O) groups excluding carboxylic acids is 2. The lowest BCUT2D eigenvalue weighted by Crippen LogP contribution is -2.53. The Balaban J connectivity index is 1.59. The number of benzene rings is 1. The van der Waals surface area contributed by atoms with Crippen LogP contribution in [-0.4, -0.2) is 51.9 Å².